The number of carbonyl (C=O) groups excluding carboxylic acids is 1. The molecule has 0 aliphatic carbocycles. The van der Waals surface area contributed by atoms with E-state index in [1.54, 1.807) is 18.4 Å². The molecule has 0 bridgehead atoms. The third-order valence-electron chi connectivity index (χ3n) is 4.48. The zero-order valence-corrected chi connectivity index (χ0v) is 16.3. The Morgan fingerprint density at radius 2 is 2.00 bits per heavy atom. The average Bonchev–Trinajstić information content (AvgIpc) is 3.03. The molecule has 1 saturated heterocycles. The molecule has 3 rings (SSSR count). The molecule has 1 aliphatic rings. The van der Waals surface area contributed by atoms with Crippen molar-refractivity contribution in [3.63, 3.8) is 0 Å². The van der Waals surface area contributed by atoms with Gasteiger partial charge in [-0.1, -0.05) is 11.6 Å². The predicted molar refractivity (Wildman–Crippen MR) is 105 cm³/mol. The van der Waals surface area contributed by atoms with Gasteiger partial charge in [-0.3, -0.25) is 15.1 Å². The van der Waals surface area contributed by atoms with Gasteiger partial charge in [0.25, 0.3) is 0 Å². The molecule has 1 aromatic heterocycles. The normalized spacial score (nSPS) is 20.6. The summed E-state index contributed by atoms with van der Waals surface area (Å²) in [5.74, 6) is 0.0743. The molecule has 2 heterocycles. The van der Waals surface area contributed by atoms with Crippen LogP contribution in [0.3, 0.4) is 0 Å². The van der Waals surface area contributed by atoms with E-state index in [1.165, 1.54) is 4.90 Å². The Morgan fingerprint density at radius 1 is 1.28 bits per heavy atom. The second kappa shape index (κ2) is 6.35. The van der Waals surface area contributed by atoms with E-state index in [9.17, 15) is 4.79 Å². The number of amides is 1. The lowest BCUT2D eigenvalue weighted by Gasteiger charge is -2.38. The summed E-state index contributed by atoms with van der Waals surface area (Å²) in [6.45, 7) is 1.96. The third-order valence-corrected chi connectivity index (χ3v) is 5.90. The molecule has 1 amide bonds. The summed E-state index contributed by atoms with van der Waals surface area (Å²) in [6.07, 6.45) is 0.324. The molecule has 1 fully saturated rings. The summed E-state index contributed by atoms with van der Waals surface area (Å²) in [4.78, 5) is 16.5. The van der Waals surface area contributed by atoms with Crippen molar-refractivity contribution in [1.82, 2.24) is 10.2 Å². The van der Waals surface area contributed by atoms with Gasteiger partial charge in [0, 0.05) is 36.7 Å². The summed E-state index contributed by atoms with van der Waals surface area (Å²) in [5, 5.41) is 13.9. The number of nitrogens with one attached hydrogen (secondary N) is 2. The summed E-state index contributed by atoms with van der Waals surface area (Å²) in [7, 11) is 5.58. The molecule has 132 valence electrons. The number of anilines is 1. The van der Waals surface area contributed by atoms with Gasteiger partial charge in [0.2, 0.25) is 5.91 Å². The molecule has 1 atom stereocenters. The van der Waals surface area contributed by atoms with Crippen LogP contribution < -0.4 is 10.2 Å². The molecule has 2 aromatic rings. The second-order valence-corrected chi connectivity index (χ2v) is 8.08. The van der Waals surface area contributed by atoms with Crippen molar-refractivity contribution in [2.75, 3.05) is 26.0 Å². The van der Waals surface area contributed by atoms with E-state index < -0.39 is 5.54 Å². The van der Waals surface area contributed by atoms with Gasteiger partial charge in [0.1, 0.15) is 0 Å². The molecule has 0 spiro atoms. The maximum Gasteiger partial charge on any atom is 0.231 e. The lowest BCUT2D eigenvalue weighted by atomic mass is 9.92. The highest BCUT2D eigenvalue weighted by atomic mass is 35.5. The molecule has 0 saturated carbocycles. The number of thiophene rings is 1. The molecular formula is C18H21ClN4OS. The first kappa shape index (κ1) is 17.8. The number of carbonyl (C=O) groups is 1. The van der Waals surface area contributed by atoms with Crippen molar-refractivity contribution in [3.05, 3.63) is 39.5 Å². The summed E-state index contributed by atoms with van der Waals surface area (Å²) in [6, 6.07) is 8.04. The number of hydrogen-bond donors (Lipinski definition) is 2. The van der Waals surface area contributed by atoms with E-state index in [0.29, 0.717) is 11.4 Å². The highest BCUT2D eigenvalue weighted by molar-refractivity contribution is 7.10. The maximum absolute atomic E-state index is 12.2. The minimum Gasteiger partial charge on any atom is -0.378 e. The number of rotatable bonds is 3. The van der Waals surface area contributed by atoms with Crippen LogP contribution in [0.5, 0.6) is 0 Å². The van der Waals surface area contributed by atoms with Gasteiger partial charge in [-0.15, -0.1) is 11.3 Å². The number of nitrogens with zero attached hydrogens (tertiary/aromatic N) is 2. The van der Waals surface area contributed by atoms with Crippen LogP contribution in [0.25, 0.3) is 11.1 Å². The molecular weight excluding hydrogens is 356 g/mol. The van der Waals surface area contributed by atoms with Gasteiger partial charge < -0.3 is 10.2 Å². The molecule has 25 heavy (non-hydrogen) atoms. The number of guanidine groups is 1. The van der Waals surface area contributed by atoms with Crippen LogP contribution >= 0.6 is 22.9 Å². The Balaban J connectivity index is 1.96. The van der Waals surface area contributed by atoms with E-state index in [2.05, 4.69) is 22.8 Å². The zero-order valence-electron chi connectivity index (χ0n) is 14.7. The van der Waals surface area contributed by atoms with Gasteiger partial charge in [-0.25, -0.2) is 0 Å². The maximum atomic E-state index is 12.2. The molecule has 7 heteroatoms. The van der Waals surface area contributed by atoms with Crippen molar-refractivity contribution in [2.24, 2.45) is 0 Å². The fourth-order valence-corrected chi connectivity index (χ4v) is 4.13. The van der Waals surface area contributed by atoms with Crippen LogP contribution in [0.4, 0.5) is 5.69 Å². The smallest absolute Gasteiger partial charge is 0.231 e. The summed E-state index contributed by atoms with van der Waals surface area (Å²) in [5.41, 5.74) is 2.58. The minimum atomic E-state index is -0.563. The second-order valence-electron chi connectivity index (χ2n) is 6.73. The van der Waals surface area contributed by atoms with Crippen LogP contribution in [-0.2, 0) is 10.3 Å². The monoisotopic (exact) mass is 376 g/mol. The SMILES string of the molecule is CN1C(=N)N[C@](C)(c2cc(-c3cc(Cl)cc(N(C)C)c3)cs2)CC1=O. The number of halogens is 1. The van der Waals surface area contributed by atoms with Crippen LogP contribution in [0.1, 0.15) is 18.2 Å². The van der Waals surface area contributed by atoms with Crippen molar-refractivity contribution >= 4 is 40.5 Å². The Bertz CT molecular complexity index is 827. The lowest BCUT2D eigenvalue weighted by molar-refractivity contribution is -0.129. The Hall–Kier alpha value is -2.05. The van der Waals surface area contributed by atoms with Gasteiger partial charge in [0.05, 0.1) is 12.0 Å². The standard InChI is InChI=1S/C18H21ClN4OS/c1-18(9-16(24)23(4)17(20)21-18)15-7-12(10-25-15)11-5-13(19)8-14(6-11)22(2)3/h5-8,10H,9H2,1-4H3,(H2,20,21)/t18-/m0/s1. The van der Waals surface area contributed by atoms with Crippen LogP contribution in [0.15, 0.2) is 29.6 Å². The van der Waals surface area contributed by atoms with Crippen LogP contribution in [0.2, 0.25) is 5.02 Å². The first-order valence-corrected chi connectivity index (χ1v) is 9.16. The van der Waals surface area contributed by atoms with Gasteiger partial charge in [-0.05, 0) is 47.7 Å². The molecule has 5 nitrogen and oxygen atoms in total. The van der Waals surface area contributed by atoms with Crippen LogP contribution in [-0.4, -0.2) is 37.9 Å². The first-order valence-electron chi connectivity index (χ1n) is 7.90. The molecule has 2 N–H and O–H groups in total. The fraction of sp³-hybridized carbons (Fsp3) is 0.333. The Kier molecular flexibility index (Phi) is 4.51. The summed E-state index contributed by atoms with van der Waals surface area (Å²) >= 11 is 7.86. The lowest BCUT2D eigenvalue weighted by Crippen LogP contribution is -2.57. The fourth-order valence-electron chi connectivity index (χ4n) is 2.86. The average molecular weight is 377 g/mol. The van der Waals surface area contributed by atoms with Crippen molar-refractivity contribution < 1.29 is 4.79 Å². The highest BCUT2D eigenvalue weighted by Gasteiger charge is 2.38. The van der Waals surface area contributed by atoms with E-state index in [0.717, 1.165) is 21.7 Å². The Morgan fingerprint density at radius 3 is 2.64 bits per heavy atom. The van der Waals surface area contributed by atoms with E-state index >= 15 is 0 Å². The van der Waals surface area contributed by atoms with Crippen molar-refractivity contribution in [2.45, 2.75) is 18.9 Å². The van der Waals surface area contributed by atoms with Crippen molar-refractivity contribution in [1.29, 1.82) is 5.41 Å². The first-order chi connectivity index (χ1) is 11.7. The zero-order chi connectivity index (χ0) is 18.4. The molecule has 0 radical (unpaired) electrons. The molecule has 0 unspecified atom stereocenters. The quantitative estimate of drug-likeness (QED) is 0.857. The van der Waals surface area contributed by atoms with Crippen LogP contribution in [0, 0.1) is 5.41 Å². The largest absolute Gasteiger partial charge is 0.378 e. The van der Waals surface area contributed by atoms with Gasteiger partial charge >= 0.3 is 0 Å². The van der Waals surface area contributed by atoms with Crippen molar-refractivity contribution in [3.8, 4) is 11.1 Å². The highest BCUT2D eigenvalue weighted by Crippen LogP contribution is 2.37. The number of hydrogen-bond acceptors (Lipinski definition) is 4. The predicted octanol–water partition coefficient (Wildman–Crippen LogP) is 3.74. The minimum absolute atomic E-state index is 0.0566. The molecule has 1 aliphatic heterocycles. The van der Waals surface area contributed by atoms with E-state index in [1.807, 2.05) is 38.1 Å². The molecule has 1 aromatic carbocycles. The topological polar surface area (TPSA) is 59.4 Å². The van der Waals surface area contributed by atoms with E-state index in [-0.39, 0.29) is 11.9 Å². The summed E-state index contributed by atoms with van der Waals surface area (Å²) < 4.78 is 0. The van der Waals surface area contributed by atoms with E-state index in [4.69, 9.17) is 17.0 Å². The third kappa shape index (κ3) is 3.37. The number of benzene rings is 1. The Labute approximate surface area is 156 Å². The van der Waals surface area contributed by atoms with Gasteiger partial charge in [-0.2, -0.15) is 0 Å². The van der Waals surface area contributed by atoms with Gasteiger partial charge in [0.15, 0.2) is 5.96 Å².